The number of anilines is 1. The molecular formula is C25H30N6O2. The summed E-state index contributed by atoms with van der Waals surface area (Å²) in [6.45, 7) is 8.32. The van der Waals surface area contributed by atoms with Gasteiger partial charge < -0.3 is 15.0 Å². The van der Waals surface area contributed by atoms with Crippen LogP contribution < -0.4 is 5.32 Å². The quantitative estimate of drug-likeness (QED) is 0.443. The highest BCUT2D eigenvalue weighted by molar-refractivity contribution is 5.99. The third-order valence-electron chi connectivity index (χ3n) is 5.96. The van der Waals surface area contributed by atoms with Crippen molar-refractivity contribution in [2.45, 2.75) is 58.7 Å². The molecule has 5 rings (SSSR count). The number of H-pyrrole nitrogens is 1. The Bertz CT molecular complexity index is 1320. The predicted molar refractivity (Wildman–Crippen MR) is 129 cm³/mol. The van der Waals surface area contributed by atoms with Crippen LogP contribution in [0.4, 0.5) is 10.6 Å². The number of carbonyl (C=O) groups is 1. The maximum absolute atomic E-state index is 12.9. The molecular weight excluding hydrogens is 416 g/mol. The van der Waals surface area contributed by atoms with Crippen molar-refractivity contribution in [2.75, 3.05) is 11.9 Å². The second kappa shape index (κ2) is 8.10. The first-order chi connectivity index (χ1) is 15.8. The molecule has 8 nitrogen and oxygen atoms in total. The lowest BCUT2D eigenvalue weighted by atomic mass is 10.1. The molecule has 1 amide bonds. The Morgan fingerprint density at radius 3 is 2.85 bits per heavy atom. The van der Waals surface area contributed by atoms with Crippen molar-refractivity contribution in [1.82, 2.24) is 24.5 Å². The molecule has 1 fully saturated rings. The second-order valence-electron chi connectivity index (χ2n) is 9.66. The summed E-state index contributed by atoms with van der Waals surface area (Å²) < 4.78 is 7.52. The first kappa shape index (κ1) is 21.3. The van der Waals surface area contributed by atoms with Gasteiger partial charge in [0.15, 0.2) is 5.65 Å². The molecule has 3 aromatic heterocycles. The highest BCUT2D eigenvalue weighted by atomic mass is 16.6. The zero-order chi connectivity index (χ0) is 23.2. The van der Waals surface area contributed by atoms with E-state index in [4.69, 9.17) is 9.84 Å². The fourth-order valence-corrected chi connectivity index (χ4v) is 4.43. The van der Waals surface area contributed by atoms with Gasteiger partial charge in [-0.2, -0.15) is 0 Å². The Kier molecular flexibility index (Phi) is 5.23. The van der Waals surface area contributed by atoms with Crippen LogP contribution in [0.3, 0.4) is 0 Å². The number of aromatic nitrogens is 4. The van der Waals surface area contributed by atoms with Gasteiger partial charge in [-0.3, -0.25) is 4.90 Å². The van der Waals surface area contributed by atoms with Crippen LogP contribution in [0.25, 0.3) is 27.7 Å². The summed E-state index contributed by atoms with van der Waals surface area (Å²) in [7, 11) is 0. The number of imidazole rings is 1. The molecule has 1 aliphatic rings. The number of hydrogen-bond acceptors (Lipinski definition) is 5. The number of nitrogens with zero attached hydrogens (tertiary/aromatic N) is 4. The van der Waals surface area contributed by atoms with Crippen LogP contribution in [0.2, 0.25) is 0 Å². The third kappa shape index (κ3) is 4.13. The summed E-state index contributed by atoms with van der Waals surface area (Å²) in [5.41, 5.74) is 4.34. The average molecular weight is 447 g/mol. The second-order valence-corrected chi connectivity index (χ2v) is 9.66. The number of benzene rings is 1. The van der Waals surface area contributed by atoms with Gasteiger partial charge in [-0.05, 0) is 59.1 Å². The Morgan fingerprint density at radius 1 is 1.21 bits per heavy atom. The van der Waals surface area contributed by atoms with E-state index in [0.29, 0.717) is 12.4 Å². The van der Waals surface area contributed by atoms with E-state index < -0.39 is 5.60 Å². The summed E-state index contributed by atoms with van der Waals surface area (Å²) in [5.74, 6) is 0.698. The molecule has 4 aromatic rings. The van der Waals surface area contributed by atoms with Crippen LogP contribution in [0.1, 0.15) is 45.7 Å². The highest BCUT2D eigenvalue weighted by Gasteiger charge is 2.31. The minimum absolute atomic E-state index is 0.182. The molecule has 2 N–H and O–H groups in total. The van der Waals surface area contributed by atoms with E-state index in [1.165, 1.54) is 0 Å². The van der Waals surface area contributed by atoms with E-state index in [1.807, 2.05) is 62.8 Å². The Hall–Kier alpha value is -3.55. The lowest BCUT2D eigenvalue weighted by Crippen LogP contribution is -2.49. The fourth-order valence-electron chi connectivity index (χ4n) is 4.43. The summed E-state index contributed by atoms with van der Waals surface area (Å²) in [6, 6.07) is 10.3. The Labute approximate surface area is 192 Å². The SMILES string of the molecule is Cc1cnc2c(-c3c[nH]c4ccccc34)cc(NC3CCCCN3C(=O)OC(C)(C)C)nn12. The van der Waals surface area contributed by atoms with Crippen molar-refractivity contribution < 1.29 is 9.53 Å². The van der Waals surface area contributed by atoms with Crippen LogP contribution in [0, 0.1) is 6.92 Å². The number of rotatable bonds is 3. The Morgan fingerprint density at radius 2 is 2.03 bits per heavy atom. The van der Waals surface area contributed by atoms with Gasteiger partial charge in [0.2, 0.25) is 0 Å². The van der Waals surface area contributed by atoms with Crippen molar-refractivity contribution in [3.8, 4) is 11.1 Å². The number of ether oxygens (including phenoxy) is 1. The van der Waals surface area contributed by atoms with Crippen molar-refractivity contribution in [1.29, 1.82) is 0 Å². The number of piperidine rings is 1. The van der Waals surface area contributed by atoms with E-state index in [1.54, 1.807) is 4.90 Å². The number of fused-ring (bicyclic) bond motifs is 2. The normalized spacial score (nSPS) is 17.0. The standard InChI is InChI=1S/C25H30N6O2/c1-16-14-27-23-18(19-15-26-20-10-6-5-9-17(19)20)13-21(29-31(16)23)28-22-11-7-8-12-30(22)24(32)33-25(2,3)4/h5-6,9-10,13-15,22,26H,7-8,11-12H2,1-4H3,(H,28,29). The maximum Gasteiger partial charge on any atom is 0.411 e. The van der Waals surface area contributed by atoms with Crippen molar-refractivity contribution >= 4 is 28.5 Å². The van der Waals surface area contributed by atoms with Crippen LogP contribution >= 0.6 is 0 Å². The number of nitrogens with one attached hydrogen (secondary N) is 2. The first-order valence-electron chi connectivity index (χ1n) is 11.5. The van der Waals surface area contributed by atoms with E-state index in [0.717, 1.165) is 52.6 Å². The lowest BCUT2D eigenvalue weighted by Gasteiger charge is -2.37. The zero-order valence-corrected chi connectivity index (χ0v) is 19.6. The van der Waals surface area contributed by atoms with Gasteiger partial charge in [-0.1, -0.05) is 18.2 Å². The number of aryl methyl sites for hydroxylation is 1. The predicted octanol–water partition coefficient (Wildman–Crippen LogP) is 5.35. The van der Waals surface area contributed by atoms with Crippen molar-refractivity contribution in [3.63, 3.8) is 0 Å². The molecule has 1 aliphatic heterocycles. The average Bonchev–Trinajstić information content (AvgIpc) is 3.36. The van der Waals surface area contributed by atoms with E-state index in [2.05, 4.69) is 27.4 Å². The van der Waals surface area contributed by atoms with Gasteiger partial charge in [0.05, 0.1) is 11.9 Å². The number of carbonyl (C=O) groups excluding carboxylic acids is 1. The van der Waals surface area contributed by atoms with Gasteiger partial charge in [0.1, 0.15) is 17.6 Å². The number of amides is 1. The molecule has 1 unspecified atom stereocenters. The summed E-state index contributed by atoms with van der Waals surface area (Å²) in [4.78, 5) is 22.6. The molecule has 33 heavy (non-hydrogen) atoms. The first-order valence-corrected chi connectivity index (χ1v) is 11.5. The molecule has 0 spiro atoms. The molecule has 4 heterocycles. The molecule has 0 aliphatic carbocycles. The van der Waals surface area contributed by atoms with Crippen molar-refractivity contribution in [2.24, 2.45) is 0 Å². The molecule has 0 saturated carbocycles. The minimum atomic E-state index is -0.535. The molecule has 1 atom stereocenters. The van der Waals surface area contributed by atoms with E-state index >= 15 is 0 Å². The molecule has 172 valence electrons. The Balaban J connectivity index is 1.53. The highest BCUT2D eigenvalue weighted by Crippen LogP contribution is 2.33. The number of para-hydroxylation sites is 1. The van der Waals surface area contributed by atoms with Crippen LogP contribution in [0.5, 0.6) is 0 Å². The number of aromatic amines is 1. The molecule has 1 saturated heterocycles. The van der Waals surface area contributed by atoms with Crippen LogP contribution in [-0.2, 0) is 4.74 Å². The van der Waals surface area contributed by atoms with E-state index in [9.17, 15) is 4.79 Å². The molecule has 0 radical (unpaired) electrons. The number of hydrogen-bond donors (Lipinski definition) is 2. The molecule has 0 bridgehead atoms. The molecule has 1 aromatic carbocycles. The zero-order valence-electron chi connectivity index (χ0n) is 19.6. The summed E-state index contributed by atoms with van der Waals surface area (Å²) in [5, 5.41) is 9.44. The summed E-state index contributed by atoms with van der Waals surface area (Å²) >= 11 is 0. The summed E-state index contributed by atoms with van der Waals surface area (Å²) in [6.07, 6.45) is 6.21. The van der Waals surface area contributed by atoms with Gasteiger partial charge in [0, 0.05) is 34.8 Å². The van der Waals surface area contributed by atoms with Gasteiger partial charge in [-0.15, -0.1) is 5.10 Å². The van der Waals surface area contributed by atoms with E-state index in [-0.39, 0.29) is 12.3 Å². The molecule has 8 heteroatoms. The monoisotopic (exact) mass is 446 g/mol. The van der Waals surface area contributed by atoms with Crippen LogP contribution in [-0.4, -0.2) is 48.9 Å². The van der Waals surface area contributed by atoms with Crippen LogP contribution in [0.15, 0.2) is 42.7 Å². The van der Waals surface area contributed by atoms with Gasteiger partial charge in [0.25, 0.3) is 0 Å². The third-order valence-corrected chi connectivity index (χ3v) is 5.96. The van der Waals surface area contributed by atoms with Gasteiger partial charge in [-0.25, -0.2) is 14.3 Å². The minimum Gasteiger partial charge on any atom is -0.444 e. The fraction of sp³-hybridized carbons (Fsp3) is 0.400. The topological polar surface area (TPSA) is 87.5 Å². The lowest BCUT2D eigenvalue weighted by molar-refractivity contribution is 0.0130. The number of likely N-dealkylation sites (tertiary alicyclic amines) is 1. The van der Waals surface area contributed by atoms with Gasteiger partial charge >= 0.3 is 6.09 Å². The largest absolute Gasteiger partial charge is 0.444 e. The van der Waals surface area contributed by atoms with Crippen molar-refractivity contribution in [3.05, 3.63) is 48.4 Å². The maximum atomic E-state index is 12.9. The smallest absolute Gasteiger partial charge is 0.411 e.